The van der Waals surface area contributed by atoms with Gasteiger partial charge in [0.15, 0.2) is 6.61 Å². The second-order valence-electron chi connectivity index (χ2n) is 9.50. The van der Waals surface area contributed by atoms with Gasteiger partial charge in [-0.15, -0.1) is 0 Å². The number of hydrogen-bond acceptors (Lipinski definition) is 4. The van der Waals surface area contributed by atoms with Crippen molar-refractivity contribution in [3.8, 4) is 0 Å². The van der Waals surface area contributed by atoms with Crippen molar-refractivity contribution < 1.29 is 19.1 Å². The summed E-state index contributed by atoms with van der Waals surface area (Å²) in [6.07, 6.45) is 6.57. The van der Waals surface area contributed by atoms with E-state index in [0.29, 0.717) is 33.4 Å². The first-order chi connectivity index (χ1) is 14.7. The maximum atomic E-state index is 12.9. The number of esters is 1. The smallest absolute Gasteiger partial charge is 0.325 e. The largest absolute Gasteiger partial charge is 0.454 e. The Morgan fingerprint density at radius 1 is 1.10 bits per heavy atom. The van der Waals surface area contributed by atoms with Crippen LogP contribution in [0.1, 0.15) is 57.1 Å². The highest BCUT2D eigenvalue weighted by molar-refractivity contribution is 6.35. The quantitative estimate of drug-likeness (QED) is 0.593. The molecule has 31 heavy (non-hydrogen) atoms. The van der Waals surface area contributed by atoms with Gasteiger partial charge >= 0.3 is 5.97 Å². The normalized spacial score (nSPS) is 29.3. The first kappa shape index (κ1) is 22.4. The lowest BCUT2D eigenvalue weighted by atomic mass is 9.49. The molecule has 0 radical (unpaired) electrons. The Bertz CT molecular complexity index is 853. The minimum Gasteiger partial charge on any atom is -0.454 e. The standard InChI is InChI=1S/C23H28Cl2N2O4/c1-13(18-3-2-17(24)7-19(18)25)27-20(28)12-31-21(29)11-26-22(30)23-8-14-4-15(9-23)6-16(5-14)10-23/h2-3,7,13-16H,4-6,8-12H2,1H3,(H,26,30)(H,27,28). The molecule has 5 rings (SSSR count). The van der Waals surface area contributed by atoms with Crippen molar-refractivity contribution in [2.75, 3.05) is 13.2 Å². The molecule has 0 saturated heterocycles. The molecule has 4 saturated carbocycles. The van der Waals surface area contributed by atoms with Crippen molar-refractivity contribution >= 4 is 41.0 Å². The summed E-state index contributed by atoms with van der Waals surface area (Å²) in [5.74, 6) is 0.875. The van der Waals surface area contributed by atoms with Gasteiger partial charge in [0.2, 0.25) is 5.91 Å². The molecule has 1 aromatic carbocycles. The SMILES string of the molecule is CC(NC(=O)COC(=O)CNC(=O)C12CC3CC(CC(C3)C1)C2)c1ccc(Cl)cc1Cl. The molecule has 0 aromatic heterocycles. The number of rotatable bonds is 7. The van der Waals surface area contributed by atoms with E-state index in [1.807, 2.05) is 0 Å². The molecule has 1 unspecified atom stereocenters. The van der Waals surface area contributed by atoms with Crippen LogP contribution in [0, 0.1) is 23.2 Å². The molecule has 2 amide bonds. The fraction of sp³-hybridized carbons (Fsp3) is 0.609. The van der Waals surface area contributed by atoms with E-state index in [4.69, 9.17) is 27.9 Å². The highest BCUT2D eigenvalue weighted by Gasteiger charge is 2.54. The number of carbonyl (C=O) groups is 3. The van der Waals surface area contributed by atoms with E-state index in [2.05, 4.69) is 10.6 Å². The average Bonchev–Trinajstić information content (AvgIpc) is 2.69. The predicted octanol–water partition coefficient (Wildman–Crippen LogP) is 4.05. The summed E-state index contributed by atoms with van der Waals surface area (Å²) in [5.41, 5.74) is 0.410. The van der Waals surface area contributed by atoms with Crippen molar-refractivity contribution in [3.05, 3.63) is 33.8 Å². The van der Waals surface area contributed by atoms with E-state index in [9.17, 15) is 14.4 Å². The molecule has 0 aliphatic heterocycles. The number of nitrogens with one attached hydrogen (secondary N) is 2. The molecular weight excluding hydrogens is 439 g/mol. The summed E-state index contributed by atoms with van der Waals surface area (Å²) in [5, 5.41) is 6.46. The van der Waals surface area contributed by atoms with Gasteiger partial charge in [0.25, 0.3) is 5.91 Å². The third-order valence-electron chi connectivity index (χ3n) is 7.08. The van der Waals surface area contributed by atoms with Gasteiger partial charge in [-0.1, -0.05) is 29.3 Å². The fourth-order valence-electron chi connectivity index (χ4n) is 6.14. The zero-order valence-corrected chi connectivity index (χ0v) is 19.1. The van der Waals surface area contributed by atoms with Crippen LogP contribution in [0.3, 0.4) is 0 Å². The van der Waals surface area contributed by atoms with Crippen molar-refractivity contribution in [2.24, 2.45) is 23.2 Å². The maximum Gasteiger partial charge on any atom is 0.325 e. The molecule has 4 aliphatic rings. The topological polar surface area (TPSA) is 84.5 Å². The molecule has 6 nitrogen and oxygen atoms in total. The number of ether oxygens (including phenoxy) is 1. The van der Waals surface area contributed by atoms with Crippen LogP contribution < -0.4 is 10.6 Å². The lowest BCUT2D eigenvalue weighted by molar-refractivity contribution is -0.152. The fourth-order valence-corrected chi connectivity index (χ4v) is 6.71. The molecule has 2 N–H and O–H groups in total. The lowest BCUT2D eigenvalue weighted by Crippen LogP contribution is -2.54. The molecule has 4 fully saturated rings. The van der Waals surface area contributed by atoms with Crippen LogP contribution in [0.4, 0.5) is 0 Å². The molecule has 1 atom stereocenters. The van der Waals surface area contributed by atoms with Crippen LogP contribution >= 0.6 is 23.2 Å². The Balaban J connectivity index is 1.20. The van der Waals surface area contributed by atoms with Gasteiger partial charge in [0.1, 0.15) is 6.54 Å². The molecule has 1 aromatic rings. The number of halogens is 2. The molecule has 0 spiro atoms. The van der Waals surface area contributed by atoms with Crippen LogP contribution in [0.25, 0.3) is 0 Å². The first-order valence-electron chi connectivity index (χ1n) is 10.9. The van der Waals surface area contributed by atoms with E-state index >= 15 is 0 Å². The summed E-state index contributed by atoms with van der Waals surface area (Å²) < 4.78 is 5.04. The van der Waals surface area contributed by atoms with Gasteiger partial charge in [-0.25, -0.2) is 0 Å². The van der Waals surface area contributed by atoms with Gasteiger partial charge in [-0.05, 0) is 80.9 Å². The van der Waals surface area contributed by atoms with Crippen molar-refractivity contribution in [2.45, 2.75) is 51.5 Å². The van der Waals surface area contributed by atoms with Crippen molar-refractivity contribution in [1.29, 1.82) is 0 Å². The summed E-state index contributed by atoms with van der Waals surface area (Å²) in [6, 6.07) is 4.67. The zero-order chi connectivity index (χ0) is 22.2. The van der Waals surface area contributed by atoms with Gasteiger partial charge in [0, 0.05) is 15.5 Å². The zero-order valence-electron chi connectivity index (χ0n) is 17.6. The van der Waals surface area contributed by atoms with Crippen LogP contribution in [0.15, 0.2) is 18.2 Å². The number of hydrogen-bond donors (Lipinski definition) is 2. The molecular formula is C23H28Cl2N2O4. The van der Waals surface area contributed by atoms with Crippen LogP contribution in [-0.2, 0) is 19.1 Å². The maximum absolute atomic E-state index is 12.9. The van der Waals surface area contributed by atoms with E-state index in [0.717, 1.165) is 19.3 Å². The van der Waals surface area contributed by atoms with E-state index in [-0.39, 0.29) is 23.9 Å². The first-order valence-corrected chi connectivity index (χ1v) is 11.7. The van der Waals surface area contributed by atoms with E-state index < -0.39 is 18.5 Å². The number of benzene rings is 1. The van der Waals surface area contributed by atoms with Crippen LogP contribution in [0.5, 0.6) is 0 Å². The monoisotopic (exact) mass is 466 g/mol. The Morgan fingerprint density at radius 2 is 1.71 bits per heavy atom. The van der Waals surface area contributed by atoms with Crippen molar-refractivity contribution in [3.63, 3.8) is 0 Å². The van der Waals surface area contributed by atoms with Gasteiger partial charge in [0.05, 0.1) is 6.04 Å². The molecule has 8 heteroatoms. The Hall–Kier alpha value is -1.79. The van der Waals surface area contributed by atoms with E-state index in [1.165, 1.54) is 19.3 Å². The van der Waals surface area contributed by atoms with Crippen LogP contribution in [0.2, 0.25) is 10.0 Å². The second kappa shape index (κ2) is 8.99. The van der Waals surface area contributed by atoms with Gasteiger partial charge < -0.3 is 15.4 Å². The molecule has 168 valence electrons. The third-order valence-corrected chi connectivity index (χ3v) is 7.65. The Labute approximate surface area is 192 Å². The Morgan fingerprint density at radius 3 is 2.29 bits per heavy atom. The molecule has 0 heterocycles. The summed E-state index contributed by atoms with van der Waals surface area (Å²) in [7, 11) is 0. The highest BCUT2D eigenvalue weighted by Crippen LogP contribution is 2.60. The van der Waals surface area contributed by atoms with E-state index in [1.54, 1.807) is 25.1 Å². The summed E-state index contributed by atoms with van der Waals surface area (Å²) in [6.45, 7) is 1.15. The van der Waals surface area contributed by atoms with Crippen LogP contribution in [-0.4, -0.2) is 30.9 Å². The summed E-state index contributed by atoms with van der Waals surface area (Å²) in [4.78, 5) is 37.1. The Kier molecular flexibility index (Phi) is 6.50. The van der Waals surface area contributed by atoms with Gasteiger partial charge in [-0.2, -0.15) is 0 Å². The predicted molar refractivity (Wildman–Crippen MR) is 118 cm³/mol. The average molecular weight is 467 g/mol. The lowest BCUT2D eigenvalue weighted by Gasteiger charge is -2.55. The highest BCUT2D eigenvalue weighted by atomic mass is 35.5. The molecule has 4 bridgehead atoms. The number of amides is 2. The summed E-state index contributed by atoms with van der Waals surface area (Å²) >= 11 is 12.0. The van der Waals surface area contributed by atoms with Gasteiger partial charge in [-0.3, -0.25) is 14.4 Å². The molecule has 4 aliphatic carbocycles. The minimum absolute atomic E-state index is 0.0287. The van der Waals surface area contributed by atoms with Crippen molar-refractivity contribution in [1.82, 2.24) is 10.6 Å². The second-order valence-corrected chi connectivity index (χ2v) is 10.3. The third kappa shape index (κ3) is 5.01. The minimum atomic E-state index is -0.620. The number of carbonyl (C=O) groups excluding carboxylic acids is 3.